The largest absolute Gasteiger partial charge is 0.381 e. The summed E-state index contributed by atoms with van der Waals surface area (Å²) in [6.45, 7) is 5.41. The third-order valence-electron chi connectivity index (χ3n) is 6.12. The minimum atomic E-state index is 0.963. The van der Waals surface area contributed by atoms with Gasteiger partial charge < -0.3 is 4.74 Å². The quantitative estimate of drug-likeness (QED) is 0.116. The molecule has 0 spiro atoms. The Morgan fingerprint density at radius 2 is 1.00 bits per heavy atom. The molecule has 0 aliphatic heterocycles. The number of thiazole rings is 1. The van der Waals surface area contributed by atoms with Gasteiger partial charge in [0.15, 0.2) is 6.20 Å². The van der Waals surface area contributed by atoms with Crippen LogP contribution in [0.2, 0.25) is 0 Å². The van der Waals surface area contributed by atoms with Crippen LogP contribution in [0.5, 0.6) is 0 Å². The van der Waals surface area contributed by atoms with Gasteiger partial charge in [0.05, 0.1) is 5.38 Å². The highest BCUT2D eigenvalue weighted by Crippen LogP contribution is 2.13. The Hall–Kier alpha value is -0.410. The number of aryl methyl sites for hydroxylation is 1. The second-order valence-corrected chi connectivity index (χ2v) is 9.85. The normalized spacial score (nSPS) is 11.4. The Morgan fingerprint density at radius 3 is 1.43 bits per heavy atom. The molecule has 3 heteroatoms. The molecule has 0 amide bonds. The van der Waals surface area contributed by atoms with E-state index in [0.717, 1.165) is 13.2 Å². The Morgan fingerprint density at radius 1 is 0.567 bits per heavy atom. The van der Waals surface area contributed by atoms with Crippen molar-refractivity contribution in [2.24, 2.45) is 0 Å². The van der Waals surface area contributed by atoms with Crippen LogP contribution < -0.4 is 4.57 Å². The van der Waals surface area contributed by atoms with Crippen molar-refractivity contribution >= 4 is 11.3 Å². The van der Waals surface area contributed by atoms with E-state index < -0.39 is 0 Å². The van der Waals surface area contributed by atoms with Crippen LogP contribution in [0.15, 0.2) is 17.1 Å². The Bertz CT molecular complexity index is 421. The molecule has 1 aromatic rings. The van der Waals surface area contributed by atoms with Crippen LogP contribution in [0.1, 0.15) is 135 Å². The Balaban J connectivity index is 1.63. The molecule has 0 atom stereocenters. The van der Waals surface area contributed by atoms with E-state index in [4.69, 9.17) is 4.74 Å². The summed E-state index contributed by atoms with van der Waals surface area (Å²) >= 11 is 1.78. The zero-order valence-corrected chi connectivity index (χ0v) is 21.1. The molecule has 0 aliphatic rings. The lowest BCUT2D eigenvalue weighted by Gasteiger charge is -2.05. The molecule has 1 heterocycles. The van der Waals surface area contributed by atoms with Gasteiger partial charge in [-0.15, -0.1) is 0 Å². The molecule has 0 saturated carbocycles. The first-order valence-corrected chi connectivity index (χ1v) is 14.4. The lowest BCUT2D eigenvalue weighted by molar-refractivity contribution is -0.692. The molecular formula is C27H52NOS+. The lowest BCUT2D eigenvalue weighted by Crippen LogP contribution is -2.29. The summed E-state index contributed by atoms with van der Waals surface area (Å²) in [5, 5.41) is 2.15. The number of rotatable bonds is 24. The van der Waals surface area contributed by atoms with E-state index in [1.54, 1.807) is 11.3 Å². The highest BCUT2D eigenvalue weighted by molar-refractivity contribution is 7.07. The van der Waals surface area contributed by atoms with Gasteiger partial charge in [-0.05, 0) is 19.3 Å². The fourth-order valence-corrected chi connectivity index (χ4v) is 4.72. The Labute approximate surface area is 192 Å². The molecule has 2 nitrogen and oxygen atoms in total. The van der Waals surface area contributed by atoms with Gasteiger partial charge in [-0.2, -0.15) is 4.57 Å². The summed E-state index contributed by atoms with van der Waals surface area (Å²) in [6.07, 6.45) is 30.2. The molecule has 1 aromatic heterocycles. The van der Waals surface area contributed by atoms with E-state index in [2.05, 4.69) is 28.6 Å². The predicted octanol–water partition coefficient (Wildman–Crippen LogP) is 8.87. The highest BCUT2D eigenvalue weighted by Gasteiger charge is 1.99. The van der Waals surface area contributed by atoms with Crippen molar-refractivity contribution in [2.75, 3.05) is 13.2 Å². The molecule has 0 aromatic carbocycles. The van der Waals surface area contributed by atoms with Crippen molar-refractivity contribution in [3.63, 3.8) is 0 Å². The second kappa shape index (κ2) is 23.3. The van der Waals surface area contributed by atoms with E-state index >= 15 is 0 Å². The fraction of sp³-hybridized carbons (Fsp3) is 0.889. The van der Waals surface area contributed by atoms with Crippen LogP contribution in [0.25, 0.3) is 0 Å². The first kappa shape index (κ1) is 27.6. The average molecular weight is 439 g/mol. The lowest BCUT2D eigenvalue weighted by atomic mass is 10.0. The van der Waals surface area contributed by atoms with E-state index in [-0.39, 0.29) is 0 Å². The van der Waals surface area contributed by atoms with Gasteiger partial charge in [-0.25, -0.2) is 0 Å². The van der Waals surface area contributed by atoms with Crippen molar-refractivity contribution in [1.82, 2.24) is 0 Å². The van der Waals surface area contributed by atoms with Crippen LogP contribution in [-0.4, -0.2) is 13.2 Å². The summed E-state index contributed by atoms with van der Waals surface area (Å²) in [5.41, 5.74) is 2.20. The van der Waals surface area contributed by atoms with Gasteiger partial charge in [0.1, 0.15) is 6.54 Å². The van der Waals surface area contributed by atoms with Crippen LogP contribution in [-0.2, 0) is 11.3 Å². The first-order valence-electron chi connectivity index (χ1n) is 13.4. The van der Waals surface area contributed by atoms with Crippen molar-refractivity contribution in [3.8, 4) is 0 Å². The highest BCUT2D eigenvalue weighted by atomic mass is 32.1. The maximum absolute atomic E-state index is 5.80. The molecule has 0 aliphatic carbocycles. The van der Waals surface area contributed by atoms with E-state index in [0.29, 0.717) is 0 Å². The maximum Gasteiger partial charge on any atom is 0.224 e. The molecule has 176 valence electrons. The van der Waals surface area contributed by atoms with E-state index in [1.165, 1.54) is 135 Å². The number of ether oxygens (including phenoxy) is 1. The molecule has 0 unspecified atom stereocenters. The van der Waals surface area contributed by atoms with Crippen molar-refractivity contribution in [1.29, 1.82) is 0 Å². The predicted molar refractivity (Wildman–Crippen MR) is 133 cm³/mol. The van der Waals surface area contributed by atoms with Gasteiger partial charge in [0.2, 0.25) is 5.51 Å². The van der Waals surface area contributed by atoms with Gasteiger partial charge in [0, 0.05) is 19.6 Å². The number of aromatic nitrogens is 1. The number of unbranched alkanes of at least 4 members (excludes halogenated alkanes) is 18. The van der Waals surface area contributed by atoms with Crippen LogP contribution in [0.4, 0.5) is 0 Å². The average Bonchev–Trinajstić information content (AvgIpc) is 3.28. The maximum atomic E-state index is 5.80. The topological polar surface area (TPSA) is 13.1 Å². The molecule has 0 N–H and O–H groups in total. The van der Waals surface area contributed by atoms with E-state index in [9.17, 15) is 0 Å². The van der Waals surface area contributed by atoms with E-state index in [1.807, 2.05) is 0 Å². The van der Waals surface area contributed by atoms with Crippen molar-refractivity contribution < 1.29 is 9.30 Å². The Kier molecular flexibility index (Phi) is 21.4. The molecule has 0 radical (unpaired) electrons. The van der Waals surface area contributed by atoms with Crippen LogP contribution in [0, 0.1) is 0 Å². The summed E-state index contributed by atoms with van der Waals surface area (Å²) in [7, 11) is 0. The molecule has 30 heavy (non-hydrogen) atoms. The smallest absolute Gasteiger partial charge is 0.224 e. The van der Waals surface area contributed by atoms with Gasteiger partial charge in [-0.3, -0.25) is 0 Å². The first-order chi connectivity index (χ1) is 14.9. The third kappa shape index (κ3) is 19.5. The zero-order valence-electron chi connectivity index (χ0n) is 20.3. The number of hydrogen-bond acceptors (Lipinski definition) is 2. The number of hydrogen-bond donors (Lipinski definition) is 0. The SMILES string of the molecule is CCCCCCCCCCCCCCCCCCOCCCCCC[n+]1ccsc1. The fourth-order valence-electron chi connectivity index (χ4n) is 4.10. The zero-order chi connectivity index (χ0) is 21.4. The minimum Gasteiger partial charge on any atom is -0.381 e. The standard InChI is InChI=1S/C27H52NOS/c1-2-3-4-5-6-7-8-9-10-11-12-13-14-15-17-20-24-29-25-21-18-16-19-22-28-23-26-30-27-28/h23,26-27H,2-22,24-25H2,1H3/q+1. The monoisotopic (exact) mass is 438 g/mol. The number of nitrogens with zero attached hydrogens (tertiary/aromatic N) is 1. The summed E-state index contributed by atoms with van der Waals surface area (Å²) in [4.78, 5) is 0. The third-order valence-corrected chi connectivity index (χ3v) is 6.80. The van der Waals surface area contributed by atoms with Crippen molar-refractivity contribution in [3.05, 3.63) is 17.1 Å². The molecule has 0 bridgehead atoms. The molecule has 0 fully saturated rings. The molecule has 0 saturated heterocycles. The van der Waals surface area contributed by atoms with Gasteiger partial charge >= 0.3 is 0 Å². The van der Waals surface area contributed by atoms with Gasteiger partial charge in [-0.1, -0.05) is 121 Å². The van der Waals surface area contributed by atoms with Gasteiger partial charge in [0.25, 0.3) is 0 Å². The second-order valence-electron chi connectivity index (χ2n) is 9.09. The summed E-state index contributed by atoms with van der Waals surface area (Å²) in [6, 6.07) is 0. The van der Waals surface area contributed by atoms with Crippen LogP contribution >= 0.6 is 11.3 Å². The van der Waals surface area contributed by atoms with Crippen LogP contribution in [0.3, 0.4) is 0 Å². The summed E-state index contributed by atoms with van der Waals surface area (Å²) < 4.78 is 8.09. The molecule has 1 rings (SSSR count). The molecular weight excluding hydrogens is 386 g/mol. The van der Waals surface area contributed by atoms with Crippen molar-refractivity contribution in [2.45, 2.75) is 142 Å². The minimum absolute atomic E-state index is 0.963. The summed E-state index contributed by atoms with van der Waals surface area (Å²) in [5.74, 6) is 0.